The molecule has 2 aromatic rings. The van der Waals surface area contributed by atoms with Crippen LogP contribution in [0.15, 0.2) is 18.2 Å². The fourth-order valence-corrected chi connectivity index (χ4v) is 3.28. The predicted octanol–water partition coefficient (Wildman–Crippen LogP) is 3.35. The Morgan fingerprint density at radius 1 is 1.37 bits per heavy atom. The van der Waals surface area contributed by atoms with Gasteiger partial charge in [-0.1, -0.05) is 24.6 Å². The third kappa shape index (κ3) is 1.79. The van der Waals surface area contributed by atoms with Crippen molar-refractivity contribution in [1.82, 2.24) is 14.9 Å². The van der Waals surface area contributed by atoms with Gasteiger partial charge >= 0.3 is 0 Å². The largest absolute Gasteiger partial charge is 0.323 e. The summed E-state index contributed by atoms with van der Waals surface area (Å²) >= 11 is 6.41. The maximum absolute atomic E-state index is 6.41. The molecular formula is C15H18ClN3. The van der Waals surface area contributed by atoms with Crippen LogP contribution in [0.4, 0.5) is 0 Å². The molecule has 1 aromatic heterocycles. The normalized spacial score (nSPS) is 21.6. The number of hydrogen-bond donors (Lipinski definition) is 1. The first kappa shape index (κ1) is 11.7. The lowest BCUT2D eigenvalue weighted by molar-refractivity contribution is 0.291. The average Bonchev–Trinajstić information content (AvgIpc) is 3.07. The van der Waals surface area contributed by atoms with E-state index >= 15 is 0 Å². The Labute approximate surface area is 118 Å². The molecule has 1 aromatic carbocycles. The molecule has 4 heteroatoms. The van der Waals surface area contributed by atoms with Crippen molar-refractivity contribution < 1.29 is 0 Å². The van der Waals surface area contributed by atoms with Crippen molar-refractivity contribution in [3.8, 4) is 0 Å². The van der Waals surface area contributed by atoms with Crippen LogP contribution in [-0.2, 0) is 0 Å². The Hall–Kier alpha value is -1.06. The summed E-state index contributed by atoms with van der Waals surface area (Å²) < 4.78 is 2.42. The number of fused-ring (bicyclic) bond motifs is 1. The van der Waals surface area contributed by atoms with Crippen LogP contribution in [0.1, 0.15) is 37.5 Å². The number of nitrogens with zero attached hydrogens (tertiary/aromatic N) is 2. The number of halogens is 1. The quantitative estimate of drug-likeness (QED) is 0.931. The van der Waals surface area contributed by atoms with Crippen LogP contribution in [-0.4, -0.2) is 22.6 Å². The Bertz CT molecular complexity index is 626. The summed E-state index contributed by atoms with van der Waals surface area (Å²) in [4.78, 5) is 4.89. The van der Waals surface area contributed by atoms with Gasteiger partial charge in [0.05, 0.1) is 16.1 Å². The van der Waals surface area contributed by atoms with E-state index in [1.807, 2.05) is 12.1 Å². The van der Waals surface area contributed by atoms with Crippen molar-refractivity contribution in [1.29, 1.82) is 0 Å². The van der Waals surface area contributed by atoms with Crippen molar-refractivity contribution in [2.75, 3.05) is 13.1 Å². The molecule has 2 heterocycles. The minimum absolute atomic E-state index is 0.505. The van der Waals surface area contributed by atoms with Crippen molar-refractivity contribution in [3.63, 3.8) is 0 Å². The Kier molecular flexibility index (Phi) is 2.61. The van der Waals surface area contributed by atoms with Gasteiger partial charge in [0.2, 0.25) is 0 Å². The number of nitrogens with one attached hydrogen (secondary N) is 1. The van der Waals surface area contributed by atoms with Gasteiger partial charge in [0.25, 0.3) is 0 Å². The van der Waals surface area contributed by atoms with Gasteiger partial charge < -0.3 is 9.88 Å². The summed E-state index contributed by atoms with van der Waals surface area (Å²) in [6.07, 6.45) is 2.53. The summed E-state index contributed by atoms with van der Waals surface area (Å²) in [7, 11) is 0. The molecular weight excluding hydrogens is 258 g/mol. The molecule has 19 heavy (non-hydrogen) atoms. The van der Waals surface area contributed by atoms with Crippen molar-refractivity contribution in [3.05, 3.63) is 29.0 Å². The maximum Gasteiger partial charge on any atom is 0.113 e. The fourth-order valence-electron chi connectivity index (χ4n) is 3.02. The summed E-state index contributed by atoms with van der Waals surface area (Å²) in [5.41, 5.74) is 2.19. The third-order valence-corrected chi connectivity index (χ3v) is 4.83. The van der Waals surface area contributed by atoms with Gasteiger partial charge in [0.1, 0.15) is 5.82 Å². The zero-order valence-corrected chi connectivity index (χ0v) is 11.8. The molecule has 0 amide bonds. The van der Waals surface area contributed by atoms with Gasteiger partial charge in [-0.15, -0.1) is 0 Å². The molecule has 1 saturated heterocycles. The van der Waals surface area contributed by atoms with Gasteiger partial charge in [0, 0.05) is 12.0 Å². The zero-order valence-electron chi connectivity index (χ0n) is 11.1. The molecule has 1 aliphatic carbocycles. The van der Waals surface area contributed by atoms with E-state index in [9.17, 15) is 0 Å². The number of rotatable bonds is 3. The number of hydrogen-bond acceptors (Lipinski definition) is 2. The lowest BCUT2D eigenvalue weighted by atomic mass is 9.88. The highest BCUT2D eigenvalue weighted by Crippen LogP contribution is 2.43. The number of aromatic nitrogens is 2. The van der Waals surface area contributed by atoms with Gasteiger partial charge in [-0.05, 0) is 44.0 Å². The third-order valence-electron chi connectivity index (χ3n) is 4.53. The minimum atomic E-state index is 0.505. The van der Waals surface area contributed by atoms with E-state index in [0.29, 0.717) is 17.9 Å². The number of imidazole rings is 1. The molecule has 0 bridgehead atoms. The van der Waals surface area contributed by atoms with Crippen LogP contribution in [0, 0.1) is 5.92 Å². The van der Waals surface area contributed by atoms with Crippen LogP contribution >= 0.6 is 11.6 Å². The molecule has 2 aliphatic rings. The van der Waals surface area contributed by atoms with Crippen LogP contribution in [0.25, 0.3) is 11.0 Å². The first-order chi connectivity index (χ1) is 9.25. The highest BCUT2D eigenvalue weighted by molar-refractivity contribution is 6.35. The molecule has 1 saturated carbocycles. The van der Waals surface area contributed by atoms with Gasteiger partial charge in [-0.3, -0.25) is 0 Å². The molecule has 100 valence electrons. The zero-order chi connectivity index (χ0) is 13.0. The number of para-hydroxylation sites is 1. The molecule has 1 aliphatic heterocycles. The van der Waals surface area contributed by atoms with Crippen LogP contribution in [0.5, 0.6) is 0 Å². The van der Waals surface area contributed by atoms with E-state index in [4.69, 9.17) is 16.6 Å². The smallest absolute Gasteiger partial charge is 0.113 e. The first-order valence-corrected chi connectivity index (χ1v) is 7.50. The SMILES string of the molecule is CC(c1nc2cccc(Cl)c2n1C1CC1)C1CNC1. The topological polar surface area (TPSA) is 29.9 Å². The molecule has 3 nitrogen and oxygen atoms in total. The van der Waals surface area contributed by atoms with E-state index in [1.54, 1.807) is 0 Å². The molecule has 1 unspecified atom stereocenters. The molecule has 0 spiro atoms. The summed E-state index contributed by atoms with van der Waals surface area (Å²) in [6.45, 7) is 4.53. The summed E-state index contributed by atoms with van der Waals surface area (Å²) in [6, 6.07) is 6.67. The van der Waals surface area contributed by atoms with E-state index in [1.165, 1.54) is 18.7 Å². The highest BCUT2D eigenvalue weighted by Gasteiger charge is 2.34. The van der Waals surface area contributed by atoms with Crippen molar-refractivity contribution in [2.45, 2.75) is 31.7 Å². The first-order valence-electron chi connectivity index (χ1n) is 7.13. The van der Waals surface area contributed by atoms with Gasteiger partial charge in [-0.2, -0.15) is 0 Å². The Balaban J connectivity index is 1.89. The molecule has 4 rings (SSSR count). The standard InChI is InChI=1S/C15H18ClN3/c1-9(10-7-17-8-10)15-18-13-4-2-3-12(16)14(13)19(15)11-5-6-11/h2-4,9-11,17H,5-8H2,1H3. The maximum atomic E-state index is 6.41. The van der Waals surface area contributed by atoms with Crippen molar-refractivity contribution >= 4 is 22.6 Å². The molecule has 0 radical (unpaired) electrons. The van der Waals surface area contributed by atoms with E-state index in [0.717, 1.165) is 29.1 Å². The lowest BCUT2D eigenvalue weighted by Crippen LogP contribution is -2.45. The van der Waals surface area contributed by atoms with Crippen molar-refractivity contribution in [2.24, 2.45) is 5.92 Å². The van der Waals surface area contributed by atoms with E-state index in [-0.39, 0.29) is 0 Å². The second-order valence-electron chi connectivity index (χ2n) is 5.89. The fraction of sp³-hybridized carbons (Fsp3) is 0.533. The average molecular weight is 276 g/mol. The molecule has 1 atom stereocenters. The molecule has 1 N–H and O–H groups in total. The second kappa shape index (κ2) is 4.22. The highest BCUT2D eigenvalue weighted by atomic mass is 35.5. The van der Waals surface area contributed by atoms with Crippen LogP contribution in [0.3, 0.4) is 0 Å². The van der Waals surface area contributed by atoms with Crippen LogP contribution < -0.4 is 5.32 Å². The van der Waals surface area contributed by atoms with E-state index in [2.05, 4.69) is 22.9 Å². The molecule has 2 fully saturated rings. The number of benzene rings is 1. The summed E-state index contributed by atoms with van der Waals surface area (Å²) in [5.74, 6) is 2.45. The van der Waals surface area contributed by atoms with Gasteiger partial charge in [0.15, 0.2) is 0 Å². The Morgan fingerprint density at radius 3 is 2.79 bits per heavy atom. The predicted molar refractivity (Wildman–Crippen MR) is 77.8 cm³/mol. The van der Waals surface area contributed by atoms with Gasteiger partial charge in [-0.25, -0.2) is 4.98 Å². The minimum Gasteiger partial charge on any atom is -0.323 e. The van der Waals surface area contributed by atoms with E-state index < -0.39 is 0 Å². The Morgan fingerprint density at radius 2 is 2.16 bits per heavy atom. The monoisotopic (exact) mass is 275 g/mol. The lowest BCUT2D eigenvalue weighted by Gasteiger charge is -2.32. The second-order valence-corrected chi connectivity index (χ2v) is 6.29. The summed E-state index contributed by atoms with van der Waals surface area (Å²) in [5, 5.41) is 4.19. The van der Waals surface area contributed by atoms with Crippen LogP contribution in [0.2, 0.25) is 5.02 Å².